The Bertz CT molecular complexity index is 3210. The molecule has 10 aromatic rings. The maximum absolute atomic E-state index is 7.10. The largest absolute Gasteiger partial charge is 0.453 e. The molecule has 0 amide bonds. The molecule has 7 aromatic carbocycles. The highest BCUT2D eigenvalue weighted by molar-refractivity contribution is 7.19. The van der Waals surface area contributed by atoms with E-state index >= 15 is 0 Å². The first-order valence-corrected chi connectivity index (χ1v) is 20.5. The Morgan fingerprint density at radius 2 is 1.30 bits per heavy atom. The number of benzene rings is 7. The molecule has 6 heteroatoms. The zero-order valence-corrected chi connectivity index (χ0v) is 31.8. The van der Waals surface area contributed by atoms with Crippen molar-refractivity contribution in [1.82, 2.24) is 15.2 Å². The van der Waals surface area contributed by atoms with E-state index in [9.17, 15) is 0 Å². The number of amidine groups is 1. The van der Waals surface area contributed by atoms with Crippen molar-refractivity contribution in [2.24, 2.45) is 4.99 Å². The van der Waals surface area contributed by atoms with Crippen molar-refractivity contribution in [2.45, 2.75) is 25.2 Å². The predicted octanol–water partition coefficient (Wildman–Crippen LogP) is 12.6. The summed E-state index contributed by atoms with van der Waals surface area (Å²) in [5.74, 6) is 0.893. The van der Waals surface area contributed by atoms with Crippen LogP contribution in [0.25, 0.3) is 65.1 Å². The second-order valence-corrected chi connectivity index (χ2v) is 16.2. The SMILES string of the molecule is C1=C(c2cccc3c2oc2c(-n4c5ccccc5c5ccccc54)cccc23)c2c(sc3cc(C4N=C(c5ccccc5)NC(c5ccccc5)N4)ccc23)CC1. The van der Waals surface area contributed by atoms with Gasteiger partial charge in [-0.1, -0.05) is 146 Å². The second kappa shape index (κ2) is 12.9. The molecule has 0 radical (unpaired) electrons. The van der Waals surface area contributed by atoms with E-state index < -0.39 is 0 Å². The normalized spacial score (nSPS) is 16.9. The van der Waals surface area contributed by atoms with Gasteiger partial charge in [0.2, 0.25) is 0 Å². The highest BCUT2D eigenvalue weighted by Gasteiger charge is 2.28. The first-order chi connectivity index (χ1) is 28.3. The Hall–Kier alpha value is -6.73. The van der Waals surface area contributed by atoms with Crippen LogP contribution in [0.4, 0.5) is 0 Å². The van der Waals surface area contributed by atoms with Crippen LogP contribution in [-0.2, 0) is 6.42 Å². The second-order valence-electron chi connectivity index (χ2n) is 15.0. The number of rotatable bonds is 5. The fraction of sp³-hybridized carbons (Fsp3) is 0.0784. The van der Waals surface area contributed by atoms with Crippen molar-refractivity contribution in [2.75, 3.05) is 0 Å². The fourth-order valence-corrected chi connectivity index (χ4v) is 10.4. The zero-order chi connectivity index (χ0) is 37.5. The van der Waals surface area contributed by atoms with Gasteiger partial charge >= 0.3 is 0 Å². The van der Waals surface area contributed by atoms with Gasteiger partial charge in [0.1, 0.15) is 23.8 Å². The molecule has 0 saturated heterocycles. The van der Waals surface area contributed by atoms with E-state index in [4.69, 9.17) is 9.41 Å². The Morgan fingerprint density at radius 3 is 2.09 bits per heavy atom. The highest BCUT2D eigenvalue weighted by atomic mass is 32.1. The van der Waals surface area contributed by atoms with Crippen LogP contribution in [0.3, 0.4) is 0 Å². The molecule has 272 valence electrons. The molecule has 0 fully saturated rings. The smallest absolute Gasteiger partial charge is 0.159 e. The van der Waals surface area contributed by atoms with Crippen molar-refractivity contribution in [3.63, 3.8) is 0 Å². The summed E-state index contributed by atoms with van der Waals surface area (Å²) < 4.78 is 10.7. The molecular formula is C51H36N4OS. The topological polar surface area (TPSA) is 54.5 Å². The molecule has 0 bridgehead atoms. The molecule has 4 heterocycles. The molecule has 1 aliphatic carbocycles. The lowest BCUT2D eigenvalue weighted by atomic mass is 9.88. The average Bonchev–Trinajstić information content (AvgIpc) is 3.96. The van der Waals surface area contributed by atoms with Gasteiger partial charge in [0.15, 0.2) is 5.58 Å². The molecule has 1 aliphatic heterocycles. The molecule has 2 aliphatic rings. The van der Waals surface area contributed by atoms with Crippen molar-refractivity contribution >= 4 is 76.6 Å². The van der Waals surface area contributed by atoms with E-state index in [1.54, 1.807) is 0 Å². The van der Waals surface area contributed by atoms with Crippen LogP contribution >= 0.6 is 11.3 Å². The maximum atomic E-state index is 7.10. The van der Waals surface area contributed by atoms with Crippen LogP contribution in [0.5, 0.6) is 0 Å². The van der Waals surface area contributed by atoms with Gasteiger partial charge in [0.25, 0.3) is 0 Å². The minimum Gasteiger partial charge on any atom is -0.453 e. The third kappa shape index (κ3) is 5.15. The summed E-state index contributed by atoms with van der Waals surface area (Å²) in [5, 5.41) is 13.5. The summed E-state index contributed by atoms with van der Waals surface area (Å²) >= 11 is 1.92. The zero-order valence-electron chi connectivity index (χ0n) is 30.9. The van der Waals surface area contributed by atoms with Crippen molar-refractivity contribution in [1.29, 1.82) is 0 Å². The predicted molar refractivity (Wildman–Crippen MR) is 236 cm³/mol. The van der Waals surface area contributed by atoms with Crippen molar-refractivity contribution in [3.05, 3.63) is 203 Å². The number of fused-ring (bicyclic) bond motifs is 9. The third-order valence-electron chi connectivity index (χ3n) is 11.8. The summed E-state index contributed by atoms with van der Waals surface area (Å²) in [6.07, 6.45) is 4.15. The molecule has 2 atom stereocenters. The monoisotopic (exact) mass is 752 g/mol. The summed E-state index contributed by atoms with van der Waals surface area (Å²) in [7, 11) is 0. The molecular weight excluding hydrogens is 717 g/mol. The van der Waals surface area contributed by atoms with Crippen LogP contribution in [0.15, 0.2) is 179 Å². The maximum Gasteiger partial charge on any atom is 0.159 e. The Morgan fingerprint density at radius 1 is 0.614 bits per heavy atom. The minimum absolute atomic E-state index is 0.0783. The minimum atomic E-state index is -0.210. The molecule has 0 saturated carbocycles. The average molecular weight is 753 g/mol. The third-order valence-corrected chi connectivity index (χ3v) is 13.0. The van der Waals surface area contributed by atoms with Crippen LogP contribution < -0.4 is 10.6 Å². The van der Waals surface area contributed by atoms with E-state index in [1.807, 2.05) is 17.4 Å². The van der Waals surface area contributed by atoms with E-state index in [2.05, 4.69) is 179 Å². The number of nitrogens with one attached hydrogen (secondary N) is 2. The van der Waals surface area contributed by atoms with E-state index in [0.29, 0.717) is 0 Å². The number of aromatic nitrogens is 1. The lowest BCUT2D eigenvalue weighted by Gasteiger charge is -2.32. The van der Waals surface area contributed by atoms with Crippen LogP contribution in [0.2, 0.25) is 0 Å². The number of aryl methyl sites for hydroxylation is 1. The number of allylic oxidation sites excluding steroid dienone is 1. The number of thiophene rings is 1. The molecule has 2 N–H and O–H groups in total. The van der Waals surface area contributed by atoms with Gasteiger partial charge in [0.05, 0.1) is 16.7 Å². The van der Waals surface area contributed by atoms with Gasteiger partial charge in [-0.25, -0.2) is 4.99 Å². The van der Waals surface area contributed by atoms with Crippen LogP contribution in [0, 0.1) is 0 Å². The number of hydrogen-bond acceptors (Lipinski definition) is 5. The number of nitrogens with zero attached hydrogens (tertiary/aromatic N) is 2. The molecule has 12 rings (SSSR count). The molecule has 0 spiro atoms. The van der Waals surface area contributed by atoms with Gasteiger partial charge in [0, 0.05) is 53.2 Å². The summed E-state index contributed by atoms with van der Waals surface area (Å²) in [6, 6.07) is 58.4. The molecule has 2 unspecified atom stereocenters. The van der Waals surface area contributed by atoms with Crippen LogP contribution in [-0.4, -0.2) is 10.4 Å². The van der Waals surface area contributed by atoms with Crippen LogP contribution in [0.1, 0.15) is 51.4 Å². The summed E-state index contributed by atoms with van der Waals surface area (Å²) in [6.45, 7) is 0. The lowest BCUT2D eigenvalue weighted by Crippen LogP contribution is -2.44. The summed E-state index contributed by atoms with van der Waals surface area (Å²) in [4.78, 5) is 6.66. The van der Waals surface area contributed by atoms with Crippen molar-refractivity contribution in [3.8, 4) is 5.69 Å². The quantitative estimate of drug-likeness (QED) is 0.184. The number of furan rings is 1. The highest BCUT2D eigenvalue weighted by Crippen LogP contribution is 2.46. The standard InChI is InChI=1S/C51H36N4OS/c1-3-14-31(15-4-1)49-52-50(32-16-5-2-6-17-32)54-51(53-49)33-28-29-40-45(30-33)57-44-27-13-20-36(46(40)44)37-21-11-22-38-39-23-12-26-43(48(39)56-47(37)38)55-41-24-9-7-18-34(41)35-19-8-10-25-42(35)55/h1-12,14-26,28-30,49,51,53H,13,27H2,(H,52,54). The van der Waals surface area contributed by atoms with Crippen molar-refractivity contribution < 1.29 is 4.42 Å². The lowest BCUT2D eigenvalue weighted by molar-refractivity contribution is 0.409. The van der Waals surface area contributed by atoms with E-state index in [-0.39, 0.29) is 12.3 Å². The Labute approximate surface area is 333 Å². The Kier molecular flexibility index (Phi) is 7.37. The first kappa shape index (κ1) is 32.5. The number of hydrogen-bond donors (Lipinski definition) is 2. The van der Waals surface area contributed by atoms with Gasteiger partial charge in [-0.3, -0.25) is 5.32 Å². The molecule has 3 aromatic heterocycles. The first-order valence-electron chi connectivity index (χ1n) is 19.7. The summed E-state index contributed by atoms with van der Waals surface area (Å²) in [5.41, 5.74) is 12.4. The van der Waals surface area contributed by atoms with Gasteiger partial charge < -0.3 is 14.3 Å². The Balaban J connectivity index is 0.973. The van der Waals surface area contributed by atoms with Gasteiger partial charge in [-0.05, 0) is 53.8 Å². The van der Waals surface area contributed by atoms with Gasteiger partial charge in [-0.15, -0.1) is 11.3 Å². The van der Waals surface area contributed by atoms with E-state index in [0.717, 1.165) is 63.0 Å². The number of aliphatic imine (C=N–C) groups is 1. The fourth-order valence-electron chi connectivity index (χ4n) is 9.16. The molecule has 57 heavy (non-hydrogen) atoms. The van der Waals surface area contributed by atoms with Gasteiger partial charge in [-0.2, -0.15) is 0 Å². The van der Waals surface area contributed by atoms with E-state index in [1.165, 1.54) is 53.5 Å². The molecule has 5 nitrogen and oxygen atoms in total. The number of para-hydroxylation sites is 4.